The number of carboxylic acid groups (broad SMARTS) is 1. The van der Waals surface area contributed by atoms with Gasteiger partial charge in [-0.1, -0.05) is 18.2 Å². The lowest BCUT2D eigenvalue weighted by Gasteiger charge is -1.99. The minimum absolute atomic E-state index is 0.0291. The lowest BCUT2D eigenvalue weighted by molar-refractivity contribution is 0.0697. The van der Waals surface area contributed by atoms with Crippen LogP contribution in [0.15, 0.2) is 52.9 Å². The van der Waals surface area contributed by atoms with Crippen LogP contribution in [-0.4, -0.2) is 22.0 Å². The Balaban J connectivity index is 1.88. The van der Waals surface area contributed by atoms with Gasteiger partial charge in [0.2, 0.25) is 0 Å². The number of carbonyl (C=O) groups excluding carboxylic acids is 1. The molecule has 0 aliphatic rings. The monoisotopic (exact) mass is 282 g/mol. The molecule has 2 N–H and O–H groups in total. The first kappa shape index (κ1) is 12.9. The molecule has 1 heterocycles. The van der Waals surface area contributed by atoms with Gasteiger partial charge in [0.1, 0.15) is 5.52 Å². The van der Waals surface area contributed by atoms with Crippen molar-refractivity contribution < 1.29 is 19.1 Å². The van der Waals surface area contributed by atoms with Gasteiger partial charge in [-0.2, -0.15) is 4.98 Å². The molecule has 0 radical (unpaired) electrons. The summed E-state index contributed by atoms with van der Waals surface area (Å²) in [6, 6.07) is 13.0. The molecule has 6 nitrogen and oxygen atoms in total. The summed E-state index contributed by atoms with van der Waals surface area (Å²) in [5.41, 5.74) is 1.37. The highest BCUT2D eigenvalue weighted by Crippen LogP contribution is 2.20. The number of nitrogens with one attached hydrogen (secondary N) is 1. The van der Waals surface area contributed by atoms with E-state index in [0.717, 1.165) is 0 Å². The number of hydrogen-bond donors (Lipinski definition) is 2. The van der Waals surface area contributed by atoms with Crippen LogP contribution in [0.4, 0.5) is 6.01 Å². The molecular weight excluding hydrogens is 272 g/mol. The zero-order valence-electron chi connectivity index (χ0n) is 10.7. The van der Waals surface area contributed by atoms with Crippen molar-refractivity contribution in [2.24, 2.45) is 0 Å². The van der Waals surface area contributed by atoms with Gasteiger partial charge in [0.25, 0.3) is 5.91 Å². The Hall–Kier alpha value is -3.15. The number of oxazole rings is 1. The Morgan fingerprint density at radius 1 is 1.05 bits per heavy atom. The molecule has 3 rings (SSSR count). The van der Waals surface area contributed by atoms with E-state index in [0.29, 0.717) is 16.7 Å². The molecule has 0 unspecified atom stereocenters. The first-order valence-corrected chi connectivity index (χ1v) is 6.14. The lowest BCUT2D eigenvalue weighted by atomic mass is 10.2. The molecule has 0 bridgehead atoms. The number of carboxylic acids is 1. The van der Waals surface area contributed by atoms with Crippen molar-refractivity contribution in [1.29, 1.82) is 0 Å². The van der Waals surface area contributed by atoms with Crippen molar-refractivity contribution >= 4 is 29.0 Å². The number of rotatable bonds is 3. The highest BCUT2D eigenvalue weighted by atomic mass is 16.4. The summed E-state index contributed by atoms with van der Waals surface area (Å²) < 4.78 is 5.36. The van der Waals surface area contributed by atoms with Gasteiger partial charge < -0.3 is 9.52 Å². The molecule has 3 aromatic rings. The summed E-state index contributed by atoms with van der Waals surface area (Å²) in [5.74, 6) is -1.39. The molecule has 0 saturated carbocycles. The van der Waals surface area contributed by atoms with Crippen molar-refractivity contribution in [1.82, 2.24) is 4.98 Å². The number of hydrogen-bond acceptors (Lipinski definition) is 4. The van der Waals surface area contributed by atoms with Crippen LogP contribution in [0.1, 0.15) is 20.7 Å². The van der Waals surface area contributed by atoms with E-state index in [1.165, 1.54) is 18.2 Å². The van der Waals surface area contributed by atoms with Crippen molar-refractivity contribution in [3.05, 3.63) is 59.7 Å². The van der Waals surface area contributed by atoms with E-state index in [1.54, 1.807) is 24.3 Å². The molecule has 0 fully saturated rings. The fourth-order valence-corrected chi connectivity index (χ4v) is 1.87. The number of amides is 1. The zero-order valence-corrected chi connectivity index (χ0v) is 10.7. The predicted molar refractivity (Wildman–Crippen MR) is 75.4 cm³/mol. The second kappa shape index (κ2) is 5.09. The van der Waals surface area contributed by atoms with Crippen LogP contribution in [0.5, 0.6) is 0 Å². The molecule has 1 aromatic heterocycles. The number of fused-ring (bicyclic) bond motifs is 1. The smallest absolute Gasteiger partial charge is 0.335 e. The Bertz CT molecular complexity index is 824. The third-order valence-electron chi connectivity index (χ3n) is 2.89. The highest BCUT2D eigenvalue weighted by Gasteiger charge is 2.12. The normalized spacial score (nSPS) is 10.5. The van der Waals surface area contributed by atoms with Crippen LogP contribution in [0, 0.1) is 0 Å². The van der Waals surface area contributed by atoms with Crippen LogP contribution in [-0.2, 0) is 0 Å². The average Bonchev–Trinajstić information content (AvgIpc) is 2.89. The van der Waals surface area contributed by atoms with Crippen LogP contribution < -0.4 is 5.32 Å². The van der Waals surface area contributed by atoms with E-state index in [-0.39, 0.29) is 17.5 Å². The summed E-state index contributed by atoms with van der Waals surface area (Å²) in [5, 5.41) is 11.4. The van der Waals surface area contributed by atoms with Crippen molar-refractivity contribution in [3.63, 3.8) is 0 Å². The van der Waals surface area contributed by atoms with E-state index in [1.807, 2.05) is 6.07 Å². The molecule has 104 valence electrons. The number of carbonyl (C=O) groups is 2. The summed E-state index contributed by atoms with van der Waals surface area (Å²) >= 11 is 0. The van der Waals surface area contributed by atoms with Gasteiger partial charge in [-0.15, -0.1) is 0 Å². The first-order chi connectivity index (χ1) is 10.1. The standard InChI is InChI=1S/C15H10N2O4/c18-13(9-4-2-1-3-5-9)17-15-16-11-8-10(14(19)20)6-7-12(11)21-15/h1-8H,(H,19,20)(H,16,17,18). The van der Waals surface area contributed by atoms with E-state index in [9.17, 15) is 9.59 Å². The number of aromatic nitrogens is 1. The van der Waals surface area contributed by atoms with Crippen molar-refractivity contribution in [3.8, 4) is 0 Å². The summed E-state index contributed by atoms with van der Waals surface area (Å²) in [6.07, 6.45) is 0. The van der Waals surface area contributed by atoms with E-state index in [4.69, 9.17) is 9.52 Å². The van der Waals surface area contributed by atoms with Crippen LogP contribution in [0.3, 0.4) is 0 Å². The minimum Gasteiger partial charge on any atom is -0.478 e. The van der Waals surface area contributed by atoms with Crippen molar-refractivity contribution in [2.75, 3.05) is 5.32 Å². The van der Waals surface area contributed by atoms with Crippen LogP contribution in [0.2, 0.25) is 0 Å². The van der Waals surface area contributed by atoms with Crippen LogP contribution in [0.25, 0.3) is 11.1 Å². The van der Waals surface area contributed by atoms with Gasteiger partial charge in [0.15, 0.2) is 5.58 Å². The second-order valence-corrected chi connectivity index (χ2v) is 4.33. The Kier molecular flexibility index (Phi) is 3.12. The maximum absolute atomic E-state index is 12.0. The molecule has 0 spiro atoms. The third kappa shape index (κ3) is 2.59. The Morgan fingerprint density at radius 2 is 1.81 bits per heavy atom. The maximum atomic E-state index is 12.0. The maximum Gasteiger partial charge on any atom is 0.335 e. The fraction of sp³-hybridized carbons (Fsp3) is 0. The summed E-state index contributed by atoms with van der Waals surface area (Å²) in [6.45, 7) is 0. The lowest BCUT2D eigenvalue weighted by Crippen LogP contribution is -2.11. The van der Waals surface area contributed by atoms with Gasteiger partial charge in [-0.25, -0.2) is 4.79 Å². The zero-order chi connectivity index (χ0) is 14.8. The second-order valence-electron chi connectivity index (χ2n) is 4.33. The van der Waals surface area contributed by atoms with Gasteiger partial charge in [-0.05, 0) is 30.3 Å². The molecule has 1 amide bonds. The number of nitrogens with zero attached hydrogens (tertiary/aromatic N) is 1. The first-order valence-electron chi connectivity index (χ1n) is 6.14. The number of benzene rings is 2. The number of aromatic carboxylic acids is 1. The molecule has 0 aliphatic carbocycles. The fourth-order valence-electron chi connectivity index (χ4n) is 1.87. The summed E-state index contributed by atoms with van der Waals surface area (Å²) in [7, 11) is 0. The molecular formula is C15H10N2O4. The van der Waals surface area contributed by atoms with Gasteiger partial charge in [0.05, 0.1) is 5.56 Å². The largest absolute Gasteiger partial charge is 0.478 e. The van der Waals surface area contributed by atoms with Gasteiger partial charge >= 0.3 is 12.0 Å². The number of anilines is 1. The Morgan fingerprint density at radius 3 is 2.52 bits per heavy atom. The Labute approximate surface area is 119 Å². The third-order valence-corrected chi connectivity index (χ3v) is 2.89. The molecule has 0 aliphatic heterocycles. The van der Waals surface area contributed by atoms with Crippen LogP contribution >= 0.6 is 0 Å². The topological polar surface area (TPSA) is 92.4 Å². The van der Waals surface area contributed by atoms with E-state index >= 15 is 0 Å². The quantitative estimate of drug-likeness (QED) is 0.770. The SMILES string of the molecule is O=C(O)c1ccc2oc(NC(=O)c3ccccc3)nc2c1. The average molecular weight is 282 g/mol. The van der Waals surface area contributed by atoms with E-state index in [2.05, 4.69) is 10.3 Å². The molecule has 2 aromatic carbocycles. The van der Waals surface area contributed by atoms with Gasteiger partial charge in [-0.3, -0.25) is 10.1 Å². The minimum atomic E-state index is -1.05. The molecule has 0 atom stereocenters. The summed E-state index contributed by atoms with van der Waals surface area (Å²) in [4.78, 5) is 26.9. The van der Waals surface area contributed by atoms with Crippen molar-refractivity contribution in [2.45, 2.75) is 0 Å². The molecule has 6 heteroatoms. The molecule has 0 saturated heterocycles. The molecule has 21 heavy (non-hydrogen) atoms. The highest BCUT2D eigenvalue weighted by molar-refractivity contribution is 6.03. The predicted octanol–water partition coefficient (Wildman–Crippen LogP) is 2.78. The van der Waals surface area contributed by atoms with E-state index < -0.39 is 5.97 Å². The van der Waals surface area contributed by atoms with Gasteiger partial charge in [0, 0.05) is 5.56 Å².